The van der Waals surface area contributed by atoms with Crippen molar-refractivity contribution in [3.8, 4) is 0 Å². The highest BCUT2D eigenvalue weighted by atomic mass is 31.2. The summed E-state index contributed by atoms with van der Waals surface area (Å²) < 4.78 is 54.4. The van der Waals surface area contributed by atoms with Crippen LogP contribution in [0.1, 0.15) is 96.9 Å². The molecule has 0 bridgehead atoms. The van der Waals surface area contributed by atoms with Crippen LogP contribution >= 0.6 is 7.82 Å². The second-order valence-electron chi connectivity index (χ2n) is 21.9. The van der Waals surface area contributed by atoms with Gasteiger partial charge in [-0.1, -0.05) is 83.1 Å². The zero-order valence-electron chi connectivity index (χ0n) is 39.9. The van der Waals surface area contributed by atoms with E-state index in [1.807, 2.05) is 0 Å². The Kier molecular flexibility index (Phi) is 18.8. The first-order chi connectivity index (χ1) is 25.5. The van der Waals surface area contributed by atoms with Gasteiger partial charge in [-0.3, -0.25) is 14.1 Å². The Hall–Kier alpha value is -0.362. The van der Waals surface area contributed by atoms with Gasteiger partial charge in [-0.05, 0) is 72.5 Å². The van der Waals surface area contributed by atoms with Crippen molar-refractivity contribution in [2.24, 2.45) is 0 Å². The lowest BCUT2D eigenvalue weighted by molar-refractivity contribution is -0.125. The third kappa shape index (κ3) is 15.5. The minimum absolute atomic E-state index is 0.00419. The van der Waals surface area contributed by atoms with Gasteiger partial charge >= 0.3 is 7.82 Å². The molecule has 0 radical (unpaired) electrons. The normalized spacial score (nSPS) is 26.9. The molecular formula is C38H83N2O13PSi4. The Morgan fingerprint density at radius 1 is 0.569 bits per heavy atom. The number of ether oxygens (including phenoxy) is 2. The Bertz CT molecular complexity index is 1420. The van der Waals surface area contributed by atoms with E-state index in [9.17, 15) is 29.0 Å². The highest BCUT2D eigenvalue weighted by Gasteiger charge is 2.55. The number of aliphatic hydroxyl groups excluding tert-OH is 1. The molecular weight excluding hydrogens is 836 g/mol. The number of carbonyl (C=O) groups is 2. The molecule has 2 unspecified atom stereocenters. The van der Waals surface area contributed by atoms with Gasteiger partial charge in [0, 0.05) is 13.8 Å². The van der Waals surface area contributed by atoms with Gasteiger partial charge in [0.25, 0.3) is 0 Å². The molecule has 2 saturated heterocycles. The Balaban J connectivity index is 0.000000586. The number of rotatable bonds is 14. The number of phosphoric ester groups is 1. The molecule has 344 valence electrons. The summed E-state index contributed by atoms with van der Waals surface area (Å²) in [4.78, 5) is 42.3. The molecule has 0 aliphatic carbocycles. The van der Waals surface area contributed by atoms with Crippen LogP contribution in [0.3, 0.4) is 0 Å². The SMILES string of the molecule is CC(=O)NC1[C@H](O[Si](C)(C)C(C)(C)C)O[C@H](CO)[C@@H]1O[Si](C)(C)C(C)(C)C.CC(=O)NC1[C@H](O[Si](C)(C)C(C)(C)C)O[C@H](COP(=O)(O)O)[C@@H]1O[Si](C)(C)C(C)(C)C. The van der Waals surface area contributed by atoms with E-state index in [0.717, 1.165) is 0 Å². The largest absolute Gasteiger partial charge is 0.469 e. The van der Waals surface area contributed by atoms with Crippen LogP contribution < -0.4 is 10.6 Å². The topological polar surface area (TPSA) is 201 Å². The van der Waals surface area contributed by atoms with Crippen LogP contribution in [-0.4, -0.2) is 122 Å². The first kappa shape index (κ1) is 55.7. The van der Waals surface area contributed by atoms with Crippen molar-refractivity contribution in [1.29, 1.82) is 0 Å². The van der Waals surface area contributed by atoms with E-state index in [1.54, 1.807) is 0 Å². The standard InChI is InChI=1S/C19H42NO8PSi2.C19H41NO5Si2/c1-13(21)20-15-16(27-30(8,9)18(2,3)4)14(12-25-29(22,23)24)26-17(15)28-31(10,11)19(5,6)7;1-13(22)20-15-16(24-26(8,9)18(2,3)4)14(12-21)23-17(15)25-27(10,11)19(5,6)7/h14-17H,12H2,1-11H3,(H,20,21)(H2,22,23,24);14-17,21H,12H2,1-11H3,(H,20,22)/t2*14-,15?,16+,17+/m11/s1. The third-order valence-electron chi connectivity index (χ3n) is 12.9. The number of amides is 2. The second kappa shape index (κ2) is 19.6. The van der Waals surface area contributed by atoms with Crippen molar-refractivity contribution >= 4 is 52.9 Å². The maximum atomic E-state index is 12.0. The molecule has 15 nitrogen and oxygen atoms in total. The Labute approximate surface area is 354 Å². The molecule has 2 fully saturated rings. The van der Waals surface area contributed by atoms with Crippen LogP contribution in [-0.2, 0) is 45.9 Å². The van der Waals surface area contributed by atoms with Crippen LogP contribution in [0, 0.1) is 0 Å². The summed E-state index contributed by atoms with van der Waals surface area (Å²) in [5.74, 6) is -0.423. The van der Waals surface area contributed by atoms with E-state index in [1.165, 1.54) is 13.8 Å². The van der Waals surface area contributed by atoms with Crippen molar-refractivity contribution in [2.45, 2.75) is 219 Å². The fraction of sp³-hybridized carbons (Fsp3) is 0.947. The summed E-state index contributed by atoms with van der Waals surface area (Å²) in [5, 5.41) is 15.6. The Morgan fingerprint density at radius 3 is 1.10 bits per heavy atom. The van der Waals surface area contributed by atoms with Gasteiger partial charge in [0.05, 0.1) is 25.4 Å². The summed E-state index contributed by atoms with van der Waals surface area (Å²) in [6.45, 7) is 44.8. The molecule has 0 aromatic heterocycles. The molecule has 0 saturated carbocycles. The van der Waals surface area contributed by atoms with Crippen molar-refractivity contribution in [2.75, 3.05) is 13.2 Å². The Morgan fingerprint density at radius 2 is 0.845 bits per heavy atom. The molecule has 8 atom stereocenters. The van der Waals surface area contributed by atoms with Crippen LogP contribution in [0.15, 0.2) is 0 Å². The molecule has 2 aliphatic rings. The van der Waals surface area contributed by atoms with Crippen LogP contribution in [0.25, 0.3) is 0 Å². The lowest BCUT2D eigenvalue weighted by Crippen LogP contribution is -2.56. The molecule has 0 spiro atoms. The molecule has 5 N–H and O–H groups in total. The summed E-state index contributed by atoms with van der Waals surface area (Å²) in [6, 6.07) is -1.07. The zero-order valence-corrected chi connectivity index (χ0v) is 44.8. The molecule has 0 aromatic carbocycles. The first-order valence-electron chi connectivity index (χ1n) is 20.4. The van der Waals surface area contributed by atoms with Gasteiger partial charge in [0.15, 0.2) is 45.8 Å². The van der Waals surface area contributed by atoms with E-state index >= 15 is 0 Å². The van der Waals surface area contributed by atoms with Crippen molar-refractivity contribution in [1.82, 2.24) is 10.6 Å². The maximum absolute atomic E-state index is 12.0. The quantitative estimate of drug-likeness (QED) is 0.0856. The molecule has 2 rings (SSSR count). The minimum atomic E-state index is -4.71. The summed E-state index contributed by atoms with van der Waals surface area (Å²) in [5.41, 5.74) is 0. The summed E-state index contributed by atoms with van der Waals surface area (Å²) >= 11 is 0. The number of carbonyl (C=O) groups excluding carboxylic acids is 2. The highest BCUT2D eigenvalue weighted by Crippen LogP contribution is 2.45. The van der Waals surface area contributed by atoms with Crippen LogP contribution in [0.2, 0.25) is 72.5 Å². The van der Waals surface area contributed by atoms with Crippen LogP contribution in [0.4, 0.5) is 0 Å². The van der Waals surface area contributed by atoms with Gasteiger partial charge in [0.1, 0.15) is 24.3 Å². The summed E-state index contributed by atoms with van der Waals surface area (Å²) in [7, 11) is -13.6. The molecule has 2 aliphatic heterocycles. The lowest BCUT2D eigenvalue weighted by Gasteiger charge is -2.41. The van der Waals surface area contributed by atoms with E-state index in [2.05, 4.69) is 146 Å². The maximum Gasteiger partial charge on any atom is 0.469 e. The van der Waals surface area contributed by atoms with Crippen molar-refractivity contribution < 1.29 is 60.7 Å². The number of phosphoric acid groups is 1. The highest BCUT2D eigenvalue weighted by molar-refractivity contribution is 7.46. The monoisotopic (exact) mass is 918 g/mol. The van der Waals surface area contributed by atoms with Crippen molar-refractivity contribution in [3.05, 3.63) is 0 Å². The van der Waals surface area contributed by atoms with E-state index in [0.29, 0.717) is 0 Å². The fourth-order valence-corrected chi connectivity index (χ4v) is 10.4. The molecule has 20 heteroatoms. The summed E-state index contributed by atoms with van der Waals surface area (Å²) in [6.07, 6.45) is -3.88. The smallest absolute Gasteiger partial charge is 0.409 e. The number of hydrogen-bond acceptors (Lipinski definition) is 11. The minimum Gasteiger partial charge on any atom is -0.409 e. The molecule has 2 heterocycles. The molecule has 58 heavy (non-hydrogen) atoms. The van der Waals surface area contributed by atoms with Gasteiger partial charge < -0.3 is 52.7 Å². The third-order valence-corrected chi connectivity index (χ3v) is 31.2. The van der Waals surface area contributed by atoms with E-state index in [4.69, 9.17) is 31.7 Å². The number of aliphatic hydroxyl groups is 1. The van der Waals surface area contributed by atoms with Gasteiger partial charge in [-0.2, -0.15) is 0 Å². The van der Waals surface area contributed by atoms with Gasteiger partial charge in [-0.25, -0.2) is 4.57 Å². The first-order valence-corrected chi connectivity index (χ1v) is 33.5. The predicted octanol–water partition coefficient (Wildman–Crippen LogP) is 7.36. The number of hydrogen-bond donors (Lipinski definition) is 5. The van der Waals surface area contributed by atoms with E-state index in [-0.39, 0.29) is 45.2 Å². The predicted molar refractivity (Wildman–Crippen MR) is 238 cm³/mol. The van der Waals surface area contributed by atoms with Crippen molar-refractivity contribution in [3.63, 3.8) is 0 Å². The second-order valence-corrected chi connectivity index (χ2v) is 42.2. The number of nitrogens with one attached hydrogen (secondary N) is 2. The molecule has 2 amide bonds. The average Bonchev–Trinajstić information content (AvgIpc) is 3.43. The lowest BCUT2D eigenvalue weighted by atomic mass is 10.1. The average molecular weight is 919 g/mol. The van der Waals surface area contributed by atoms with Gasteiger partial charge in [0.2, 0.25) is 11.8 Å². The fourth-order valence-electron chi connectivity index (χ4n) is 5.13. The van der Waals surface area contributed by atoms with Crippen LogP contribution in [0.5, 0.6) is 0 Å². The zero-order chi connectivity index (χ0) is 46.1. The van der Waals surface area contributed by atoms with E-state index < -0.39 is 90.2 Å². The van der Waals surface area contributed by atoms with Gasteiger partial charge in [-0.15, -0.1) is 0 Å². The molecule has 0 aromatic rings.